The maximum Gasteiger partial charge on any atom is 0.279 e. The third kappa shape index (κ3) is 6.28. The summed E-state index contributed by atoms with van der Waals surface area (Å²) in [6, 6.07) is 14.1. The van der Waals surface area contributed by atoms with Crippen LogP contribution in [0.2, 0.25) is 0 Å². The highest BCUT2D eigenvalue weighted by atomic mass is 32.2. The monoisotopic (exact) mass is 420 g/mol. The second-order valence-electron chi connectivity index (χ2n) is 6.83. The Morgan fingerprint density at radius 2 is 1.79 bits per heavy atom. The number of anilines is 1. The molecule has 0 saturated heterocycles. The molecule has 0 spiro atoms. The number of carbonyl (C=O) groups excluding carboxylic acids is 1. The molecule has 0 aliphatic rings. The van der Waals surface area contributed by atoms with Gasteiger partial charge in [-0.15, -0.1) is 0 Å². The highest BCUT2D eigenvalue weighted by molar-refractivity contribution is 7.89. The van der Waals surface area contributed by atoms with Gasteiger partial charge in [0.15, 0.2) is 6.54 Å². The number of amides is 1. The second kappa shape index (κ2) is 10.4. The molecular weight excluding hydrogens is 390 g/mol. The highest BCUT2D eigenvalue weighted by Gasteiger charge is 2.22. The topological polar surface area (TPSA) is 80.2 Å². The van der Waals surface area contributed by atoms with Gasteiger partial charge in [0, 0.05) is 24.3 Å². The minimum Gasteiger partial charge on any atom is -0.497 e. The van der Waals surface area contributed by atoms with Crippen molar-refractivity contribution < 1.29 is 22.8 Å². The molecule has 7 nitrogen and oxygen atoms in total. The third-order valence-electron chi connectivity index (χ3n) is 4.56. The molecule has 29 heavy (non-hydrogen) atoms. The zero-order chi connectivity index (χ0) is 21.4. The molecule has 0 bridgehead atoms. The number of quaternary nitrogens is 1. The van der Waals surface area contributed by atoms with Crippen LogP contribution in [0.5, 0.6) is 5.75 Å². The molecule has 2 rings (SSSR count). The molecule has 158 valence electrons. The van der Waals surface area contributed by atoms with Crippen molar-refractivity contribution in [2.45, 2.75) is 25.3 Å². The van der Waals surface area contributed by atoms with E-state index in [0.29, 0.717) is 25.3 Å². The van der Waals surface area contributed by atoms with Gasteiger partial charge < -0.3 is 15.0 Å². The number of methoxy groups -OCH3 is 1. The molecule has 0 radical (unpaired) electrons. The van der Waals surface area contributed by atoms with Gasteiger partial charge in [0.2, 0.25) is 10.0 Å². The summed E-state index contributed by atoms with van der Waals surface area (Å²) < 4.78 is 31.9. The molecular formula is C21H30N3O4S+. The SMILES string of the molecule is CCN(CC)S(=O)(=O)c1cccc(NC(=O)C[NH+](C)Cc2cccc(OC)c2)c1. The first-order chi connectivity index (χ1) is 13.8. The Balaban J connectivity index is 2.01. The Kier molecular flexibility index (Phi) is 8.19. The maximum atomic E-state index is 12.7. The Morgan fingerprint density at radius 3 is 2.45 bits per heavy atom. The predicted molar refractivity (Wildman–Crippen MR) is 114 cm³/mol. The van der Waals surface area contributed by atoms with Crippen molar-refractivity contribution in [3.63, 3.8) is 0 Å². The van der Waals surface area contributed by atoms with Gasteiger partial charge in [-0.05, 0) is 30.3 Å². The number of hydrogen-bond donors (Lipinski definition) is 2. The van der Waals surface area contributed by atoms with E-state index in [-0.39, 0.29) is 17.3 Å². The summed E-state index contributed by atoms with van der Waals surface area (Å²) in [5.74, 6) is 0.605. The first kappa shape index (κ1) is 22.9. The fraction of sp³-hybridized carbons (Fsp3) is 0.381. The fourth-order valence-corrected chi connectivity index (χ4v) is 4.62. The first-order valence-corrected chi connectivity index (χ1v) is 11.1. The Bertz CT molecular complexity index is 927. The summed E-state index contributed by atoms with van der Waals surface area (Å²) in [5, 5.41) is 2.80. The number of carbonyl (C=O) groups is 1. The number of rotatable bonds is 10. The van der Waals surface area contributed by atoms with Gasteiger partial charge >= 0.3 is 0 Å². The van der Waals surface area contributed by atoms with Crippen molar-refractivity contribution in [3.8, 4) is 5.75 Å². The number of nitrogens with one attached hydrogen (secondary N) is 2. The lowest BCUT2D eigenvalue weighted by molar-refractivity contribution is -0.885. The number of hydrogen-bond acceptors (Lipinski definition) is 4. The van der Waals surface area contributed by atoms with Gasteiger partial charge in [0.25, 0.3) is 5.91 Å². The smallest absolute Gasteiger partial charge is 0.279 e. The summed E-state index contributed by atoms with van der Waals surface area (Å²) in [4.78, 5) is 13.6. The maximum absolute atomic E-state index is 12.7. The molecule has 1 amide bonds. The molecule has 2 N–H and O–H groups in total. The van der Waals surface area contributed by atoms with E-state index in [2.05, 4.69) is 5.32 Å². The molecule has 0 fully saturated rings. The molecule has 0 aromatic heterocycles. The molecule has 1 unspecified atom stereocenters. The fourth-order valence-electron chi connectivity index (χ4n) is 3.12. The van der Waals surface area contributed by atoms with Gasteiger partial charge in [-0.3, -0.25) is 4.79 Å². The van der Waals surface area contributed by atoms with Gasteiger partial charge in [0.05, 0.1) is 19.1 Å². The van der Waals surface area contributed by atoms with Crippen LogP contribution in [0.25, 0.3) is 0 Å². The summed E-state index contributed by atoms with van der Waals surface area (Å²) in [6.07, 6.45) is 0. The lowest BCUT2D eigenvalue weighted by Crippen LogP contribution is -3.08. The number of benzene rings is 2. The van der Waals surface area contributed by atoms with Crippen molar-refractivity contribution in [2.75, 3.05) is 39.1 Å². The van der Waals surface area contributed by atoms with E-state index in [9.17, 15) is 13.2 Å². The van der Waals surface area contributed by atoms with Crippen LogP contribution >= 0.6 is 0 Å². The van der Waals surface area contributed by atoms with Crippen molar-refractivity contribution >= 4 is 21.6 Å². The minimum atomic E-state index is -3.56. The summed E-state index contributed by atoms with van der Waals surface area (Å²) in [6.45, 7) is 5.31. The molecule has 2 aromatic carbocycles. The standard InChI is InChI=1S/C21H29N3O4S/c1-5-24(6-2)29(26,27)20-12-8-10-18(14-20)22-21(25)16-23(3)15-17-9-7-11-19(13-17)28-4/h7-14H,5-6,15-16H2,1-4H3,(H,22,25)/p+1. The van der Waals surface area contributed by atoms with Crippen LogP contribution in [-0.2, 0) is 21.4 Å². The third-order valence-corrected chi connectivity index (χ3v) is 6.61. The molecule has 2 aromatic rings. The average Bonchev–Trinajstić information content (AvgIpc) is 2.68. The van der Waals surface area contributed by atoms with Gasteiger partial charge in [-0.25, -0.2) is 8.42 Å². The minimum absolute atomic E-state index is 0.177. The molecule has 1 atom stereocenters. The van der Waals surface area contributed by atoms with Gasteiger partial charge in [-0.1, -0.05) is 32.0 Å². The first-order valence-electron chi connectivity index (χ1n) is 9.64. The van der Waals surface area contributed by atoms with Crippen LogP contribution in [-0.4, -0.2) is 52.4 Å². The molecule has 0 aliphatic carbocycles. The van der Waals surface area contributed by atoms with E-state index in [4.69, 9.17) is 4.74 Å². The van der Waals surface area contributed by atoms with E-state index in [1.165, 1.54) is 10.4 Å². The van der Waals surface area contributed by atoms with Crippen LogP contribution < -0.4 is 15.0 Å². The zero-order valence-corrected chi connectivity index (χ0v) is 18.3. The van der Waals surface area contributed by atoms with Crippen molar-refractivity contribution in [1.82, 2.24) is 4.31 Å². The second-order valence-corrected chi connectivity index (χ2v) is 8.77. The van der Waals surface area contributed by atoms with Crippen molar-refractivity contribution in [3.05, 3.63) is 54.1 Å². The van der Waals surface area contributed by atoms with E-state index < -0.39 is 10.0 Å². The number of nitrogens with zero attached hydrogens (tertiary/aromatic N) is 1. The summed E-state index contributed by atoms with van der Waals surface area (Å²) in [7, 11) is -0.0113. The van der Waals surface area contributed by atoms with E-state index >= 15 is 0 Å². The lowest BCUT2D eigenvalue weighted by atomic mass is 10.2. The molecule has 0 heterocycles. The molecule has 0 aliphatic heterocycles. The Labute approximate surface area is 173 Å². The van der Waals surface area contributed by atoms with E-state index in [1.807, 2.05) is 31.3 Å². The van der Waals surface area contributed by atoms with Gasteiger partial charge in [0.1, 0.15) is 12.3 Å². The zero-order valence-electron chi connectivity index (χ0n) is 17.4. The van der Waals surface area contributed by atoms with Crippen LogP contribution in [0.15, 0.2) is 53.4 Å². The van der Waals surface area contributed by atoms with E-state index in [0.717, 1.165) is 16.2 Å². The van der Waals surface area contributed by atoms with E-state index in [1.54, 1.807) is 39.2 Å². The van der Waals surface area contributed by atoms with Gasteiger partial charge in [-0.2, -0.15) is 4.31 Å². The Morgan fingerprint density at radius 1 is 1.10 bits per heavy atom. The number of sulfonamides is 1. The largest absolute Gasteiger partial charge is 0.497 e. The van der Waals surface area contributed by atoms with Crippen LogP contribution in [0.3, 0.4) is 0 Å². The number of ether oxygens (including phenoxy) is 1. The Hall–Kier alpha value is -2.42. The van der Waals surface area contributed by atoms with Crippen LogP contribution in [0, 0.1) is 0 Å². The highest BCUT2D eigenvalue weighted by Crippen LogP contribution is 2.19. The lowest BCUT2D eigenvalue weighted by Gasteiger charge is -2.19. The van der Waals surface area contributed by atoms with Crippen LogP contribution in [0.1, 0.15) is 19.4 Å². The van der Waals surface area contributed by atoms with Crippen molar-refractivity contribution in [2.24, 2.45) is 0 Å². The molecule has 0 saturated carbocycles. The average molecular weight is 421 g/mol. The summed E-state index contributed by atoms with van der Waals surface area (Å²) in [5.41, 5.74) is 1.54. The molecule has 8 heteroatoms. The predicted octanol–water partition coefficient (Wildman–Crippen LogP) is 1.38. The van der Waals surface area contributed by atoms with Crippen molar-refractivity contribution in [1.29, 1.82) is 0 Å². The quantitative estimate of drug-likeness (QED) is 0.609. The summed E-state index contributed by atoms with van der Waals surface area (Å²) >= 11 is 0. The normalized spacial score (nSPS) is 12.6. The number of likely N-dealkylation sites (N-methyl/N-ethyl adjacent to an activating group) is 1. The van der Waals surface area contributed by atoms with Crippen LogP contribution in [0.4, 0.5) is 5.69 Å².